The lowest BCUT2D eigenvalue weighted by Gasteiger charge is -2.39. The van der Waals surface area contributed by atoms with Gasteiger partial charge >= 0.3 is 0 Å². The van der Waals surface area contributed by atoms with Crippen LogP contribution in [0.25, 0.3) is 0 Å². The van der Waals surface area contributed by atoms with Gasteiger partial charge in [-0.15, -0.1) is 0 Å². The van der Waals surface area contributed by atoms with Crippen LogP contribution < -0.4 is 21.3 Å². The number of aromatic nitrogens is 2. The molecule has 2 aliphatic heterocycles. The van der Waals surface area contributed by atoms with Crippen LogP contribution in [0.4, 0.5) is 17.6 Å². The van der Waals surface area contributed by atoms with E-state index in [1.54, 1.807) is 0 Å². The van der Waals surface area contributed by atoms with Crippen LogP contribution in [0, 0.1) is 0 Å². The van der Waals surface area contributed by atoms with Crippen molar-refractivity contribution in [1.82, 2.24) is 15.3 Å². The predicted octanol–water partition coefficient (Wildman–Crippen LogP) is 1.38. The van der Waals surface area contributed by atoms with Crippen LogP contribution in [-0.2, 0) is 6.42 Å². The van der Waals surface area contributed by atoms with E-state index in [9.17, 15) is 0 Å². The van der Waals surface area contributed by atoms with Gasteiger partial charge in [-0.3, -0.25) is 0 Å². The monoisotopic (exact) mass is 290 g/mol. The number of fused-ring (bicyclic) bond motifs is 1. The van der Waals surface area contributed by atoms with Gasteiger partial charge in [-0.2, -0.15) is 9.97 Å². The van der Waals surface area contributed by atoms with Crippen molar-refractivity contribution in [2.45, 2.75) is 58.2 Å². The molecule has 0 bridgehead atoms. The maximum absolute atomic E-state index is 5.94. The van der Waals surface area contributed by atoms with E-state index >= 15 is 0 Å². The molecule has 1 aromatic rings. The van der Waals surface area contributed by atoms with Crippen molar-refractivity contribution < 1.29 is 0 Å². The molecule has 0 spiro atoms. The number of piperazine rings is 1. The lowest BCUT2D eigenvalue weighted by atomic mass is 9.98. The molecule has 21 heavy (non-hydrogen) atoms. The third kappa shape index (κ3) is 2.90. The molecule has 3 rings (SSSR count). The van der Waals surface area contributed by atoms with E-state index in [1.807, 2.05) is 0 Å². The Labute approximate surface area is 126 Å². The van der Waals surface area contributed by atoms with Crippen LogP contribution in [0.2, 0.25) is 0 Å². The number of hydrogen-bond donors (Lipinski definition) is 3. The lowest BCUT2D eigenvalue weighted by molar-refractivity contribution is 0.404. The minimum Gasteiger partial charge on any atom is -0.368 e. The van der Waals surface area contributed by atoms with Gasteiger partial charge in [-0.25, -0.2) is 0 Å². The van der Waals surface area contributed by atoms with Crippen molar-refractivity contribution in [2.24, 2.45) is 0 Å². The maximum atomic E-state index is 5.94. The van der Waals surface area contributed by atoms with Crippen molar-refractivity contribution in [1.29, 1.82) is 0 Å². The lowest BCUT2D eigenvalue weighted by Crippen LogP contribution is -2.55. The Hall–Kier alpha value is -1.56. The van der Waals surface area contributed by atoms with Gasteiger partial charge in [0.1, 0.15) is 11.6 Å². The van der Waals surface area contributed by atoms with E-state index in [0.717, 1.165) is 44.0 Å². The number of nitrogens with zero attached hydrogens (tertiary/aromatic N) is 3. The minimum atomic E-state index is 0.367. The fourth-order valence-electron chi connectivity index (χ4n) is 3.49. The van der Waals surface area contributed by atoms with Gasteiger partial charge in [0.25, 0.3) is 0 Å². The van der Waals surface area contributed by atoms with Crippen LogP contribution in [-0.4, -0.2) is 41.2 Å². The first kappa shape index (κ1) is 14.4. The van der Waals surface area contributed by atoms with Crippen molar-refractivity contribution in [2.75, 3.05) is 29.0 Å². The van der Waals surface area contributed by atoms with Gasteiger partial charge in [-0.05, 0) is 33.1 Å². The smallest absolute Gasteiger partial charge is 0.223 e. The van der Waals surface area contributed by atoms with Crippen LogP contribution in [0.1, 0.15) is 39.2 Å². The molecule has 1 aromatic heterocycles. The van der Waals surface area contributed by atoms with Crippen molar-refractivity contribution in [3.05, 3.63) is 5.56 Å². The van der Waals surface area contributed by atoms with E-state index in [4.69, 9.17) is 5.73 Å². The Morgan fingerprint density at radius 3 is 2.62 bits per heavy atom. The highest BCUT2D eigenvalue weighted by molar-refractivity contribution is 5.63. The molecule has 0 amide bonds. The van der Waals surface area contributed by atoms with Gasteiger partial charge < -0.3 is 21.3 Å². The second-order valence-electron chi connectivity index (χ2n) is 6.39. The van der Waals surface area contributed by atoms with Crippen LogP contribution >= 0.6 is 0 Å². The van der Waals surface area contributed by atoms with E-state index in [1.165, 1.54) is 5.56 Å². The summed E-state index contributed by atoms with van der Waals surface area (Å²) in [5.41, 5.74) is 7.17. The molecule has 3 atom stereocenters. The fourth-order valence-corrected chi connectivity index (χ4v) is 3.49. The van der Waals surface area contributed by atoms with Crippen molar-refractivity contribution in [3.63, 3.8) is 0 Å². The molecule has 116 valence electrons. The molecular formula is C15H26N6. The molecule has 0 radical (unpaired) electrons. The summed E-state index contributed by atoms with van der Waals surface area (Å²) in [6, 6.07) is 1.42. The van der Waals surface area contributed by atoms with Crippen LogP contribution in [0.15, 0.2) is 0 Å². The quantitative estimate of drug-likeness (QED) is 0.764. The summed E-state index contributed by atoms with van der Waals surface area (Å²) >= 11 is 0. The standard InChI is InChI=1S/C15H26N6/c1-4-11-5-6-12-13(18-11)19-15(16)20-14(12)21-7-9(2)17-10(3)8-21/h9-11,17H,4-8H2,1-3H3,(H3,16,18,19,20)/t9-,10+,11?. The summed E-state index contributed by atoms with van der Waals surface area (Å²) < 4.78 is 0. The number of nitrogen functional groups attached to an aromatic ring is 1. The van der Waals surface area contributed by atoms with Crippen molar-refractivity contribution >= 4 is 17.6 Å². The van der Waals surface area contributed by atoms with E-state index < -0.39 is 0 Å². The van der Waals surface area contributed by atoms with Crippen LogP contribution in [0.5, 0.6) is 0 Å². The minimum absolute atomic E-state index is 0.367. The Balaban J connectivity index is 1.93. The zero-order valence-electron chi connectivity index (χ0n) is 13.2. The largest absolute Gasteiger partial charge is 0.368 e. The second-order valence-corrected chi connectivity index (χ2v) is 6.39. The number of nitrogens with one attached hydrogen (secondary N) is 2. The molecule has 1 saturated heterocycles. The average Bonchev–Trinajstić information content (AvgIpc) is 2.44. The van der Waals surface area contributed by atoms with E-state index in [2.05, 4.69) is 46.3 Å². The number of rotatable bonds is 2. The number of hydrogen-bond acceptors (Lipinski definition) is 6. The zero-order valence-corrected chi connectivity index (χ0v) is 13.2. The molecule has 1 unspecified atom stereocenters. The summed E-state index contributed by atoms with van der Waals surface area (Å²) in [6.07, 6.45) is 3.28. The molecule has 0 saturated carbocycles. The number of anilines is 3. The van der Waals surface area contributed by atoms with E-state index in [0.29, 0.717) is 24.1 Å². The topological polar surface area (TPSA) is 79.1 Å². The first-order valence-corrected chi connectivity index (χ1v) is 8.00. The molecule has 0 aliphatic carbocycles. The summed E-state index contributed by atoms with van der Waals surface area (Å²) in [5, 5.41) is 7.07. The summed E-state index contributed by atoms with van der Waals surface area (Å²) in [7, 11) is 0. The molecule has 3 heterocycles. The number of nitrogens with two attached hydrogens (primary N) is 1. The van der Waals surface area contributed by atoms with Gasteiger partial charge in [0, 0.05) is 36.8 Å². The maximum Gasteiger partial charge on any atom is 0.223 e. The van der Waals surface area contributed by atoms with Gasteiger partial charge in [-0.1, -0.05) is 6.92 Å². The average molecular weight is 290 g/mol. The first-order chi connectivity index (χ1) is 10.1. The van der Waals surface area contributed by atoms with Gasteiger partial charge in [0.15, 0.2) is 0 Å². The van der Waals surface area contributed by atoms with Gasteiger partial charge in [0.05, 0.1) is 0 Å². The molecule has 6 heteroatoms. The predicted molar refractivity (Wildman–Crippen MR) is 86.7 cm³/mol. The van der Waals surface area contributed by atoms with Gasteiger partial charge in [0.2, 0.25) is 5.95 Å². The SMILES string of the molecule is CCC1CCc2c(nc(N)nc2N2C[C@@H](C)N[C@@H](C)C2)N1. The second kappa shape index (κ2) is 5.67. The third-order valence-corrected chi connectivity index (χ3v) is 4.44. The highest BCUT2D eigenvalue weighted by atomic mass is 15.3. The normalized spacial score (nSPS) is 28.9. The Kier molecular flexibility index (Phi) is 3.89. The summed E-state index contributed by atoms with van der Waals surface area (Å²) in [4.78, 5) is 11.3. The highest BCUT2D eigenvalue weighted by Gasteiger charge is 2.28. The summed E-state index contributed by atoms with van der Waals surface area (Å²) in [5.74, 6) is 2.33. The summed E-state index contributed by atoms with van der Waals surface area (Å²) in [6.45, 7) is 8.55. The van der Waals surface area contributed by atoms with Crippen molar-refractivity contribution in [3.8, 4) is 0 Å². The molecule has 6 nitrogen and oxygen atoms in total. The molecule has 0 aromatic carbocycles. The molecule has 2 aliphatic rings. The Bertz CT molecular complexity index is 507. The molecule has 1 fully saturated rings. The molecule has 4 N–H and O–H groups in total. The third-order valence-electron chi connectivity index (χ3n) is 4.44. The highest BCUT2D eigenvalue weighted by Crippen LogP contribution is 2.32. The molecular weight excluding hydrogens is 264 g/mol. The van der Waals surface area contributed by atoms with Crippen LogP contribution in [0.3, 0.4) is 0 Å². The fraction of sp³-hybridized carbons (Fsp3) is 0.733. The zero-order chi connectivity index (χ0) is 15.0. The first-order valence-electron chi connectivity index (χ1n) is 8.00. The Morgan fingerprint density at radius 1 is 1.24 bits per heavy atom. The van der Waals surface area contributed by atoms with E-state index in [-0.39, 0.29) is 0 Å². The Morgan fingerprint density at radius 2 is 1.95 bits per heavy atom.